The molecule has 1 N–H and O–H groups in total. The maximum Gasteiger partial charge on any atom is 0.236 e. The molecule has 9 heteroatoms. The van der Waals surface area contributed by atoms with Gasteiger partial charge in [0.15, 0.2) is 5.13 Å². The zero-order chi connectivity index (χ0) is 21.9. The SMILES string of the molecule is CCOc1ccc2nc(NC(=O)CSc3ncnc4scc(-c5ccccc5)c34)sc2c1. The predicted molar refractivity (Wildman–Crippen MR) is 133 cm³/mol. The van der Waals surface area contributed by atoms with E-state index in [2.05, 4.69) is 37.8 Å². The Morgan fingerprint density at radius 2 is 2.03 bits per heavy atom. The van der Waals surface area contributed by atoms with Crippen molar-refractivity contribution in [2.24, 2.45) is 0 Å². The van der Waals surface area contributed by atoms with Gasteiger partial charge in [-0.15, -0.1) is 11.3 Å². The van der Waals surface area contributed by atoms with Gasteiger partial charge in [-0.05, 0) is 30.7 Å². The van der Waals surface area contributed by atoms with Crippen LogP contribution in [0, 0.1) is 0 Å². The highest BCUT2D eigenvalue weighted by atomic mass is 32.2. The summed E-state index contributed by atoms with van der Waals surface area (Å²) in [5, 5.41) is 7.37. The first-order valence-electron chi connectivity index (χ1n) is 9.95. The molecule has 2 aromatic carbocycles. The van der Waals surface area contributed by atoms with Gasteiger partial charge < -0.3 is 10.1 Å². The van der Waals surface area contributed by atoms with Crippen molar-refractivity contribution in [3.8, 4) is 16.9 Å². The Labute approximate surface area is 196 Å². The van der Waals surface area contributed by atoms with Crippen molar-refractivity contribution in [1.29, 1.82) is 0 Å². The lowest BCUT2D eigenvalue weighted by Crippen LogP contribution is -2.13. The summed E-state index contributed by atoms with van der Waals surface area (Å²) in [6.07, 6.45) is 1.55. The quantitative estimate of drug-likeness (QED) is 0.225. The molecule has 0 aliphatic heterocycles. The molecule has 3 heterocycles. The van der Waals surface area contributed by atoms with Gasteiger partial charge in [0.1, 0.15) is 21.9 Å². The lowest BCUT2D eigenvalue weighted by Gasteiger charge is -2.05. The Kier molecular flexibility index (Phi) is 6.02. The molecule has 6 nitrogen and oxygen atoms in total. The van der Waals surface area contributed by atoms with Gasteiger partial charge in [0.05, 0.1) is 28.0 Å². The first-order chi connectivity index (χ1) is 15.7. The third-order valence-corrected chi connectivity index (χ3v) is 7.49. The Morgan fingerprint density at radius 3 is 2.88 bits per heavy atom. The molecular formula is C23H18N4O2S3. The third-order valence-electron chi connectivity index (χ3n) is 4.68. The first kappa shape index (κ1) is 20.9. The van der Waals surface area contributed by atoms with Gasteiger partial charge in [0.25, 0.3) is 0 Å². The molecule has 5 aromatic rings. The molecule has 0 saturated carbocycles. The number of amides is 1. The van der Waals surface area contributed by atoms with Crippen molar-refractivity contribution in [2.75, 3.05) is 17.7 Å². The summed E-state index contributed by atoms with van der Waals surface area (Å²) in [6.45, 7) is 2.56. The molecule has 0 saturated heterocycles. The van der Waals surface area contributed by atoms with Crippen molar-refractivity contribution in [2.45, 2.75) is 11.9 Å². The number of rotatable bonds is 7. The van der Waals surface area contributed by atoms with Crippen LogP contribution in [0.3, 0.4) is 0 Å². The standard InChI is InChI=1S/C23H18N4O2S3/c1-2-29-15-8-9-17-18(10-15)32-23(26-17)27-19(28)12-31-22-20-16(14-6-4-3-5-7-14)11-30-21(20)24-13-25-22/h3-11,13H,2,12H2,1H3,(H,26,27,28). The monoisotopic (exact) mass is 478 g/mol. The molecule has 0 unspecified atom stereocenters. The van der Waals surface area contributed by atoms with E-state index >= 15 is 0 Å². The van der Waals surface area contributed by atoms with Crippen LogP contribution in [0.2, 0.25) is 0 Å². The molecule has 0 aliphatic rings. The van der Waals surface area contributed by atoms with Crippen LogP contribution in [0.1, 0.15) is 6.92 Å². The fourth-order valence-corrected chi connectivity index (χ4v) is 6.00. The number of ether oxygens (including phenoxy) is 1. The Hall–Kier alpha value is -3.01. The van der Waals surface area contributed by atoms with E-state index in [-0.39, 0.29) is 11.7 Å². The highest BCUT2D eigenvalue weighted by Gasteiger charge is 2.15. The Balaban J connectivity index is 1.32. The maximum atomic E-state index is 12.6. The lowest BCUT2D eigenvalue weighted by molar-refractivity contribution is -0.113. The van der Waals surface area contributed by atoms with Gasteiger partial charge >= 0.3 is 0 Å². The number of carbonyl (C=O) groups excluding carboxylic acids is 1. The molecule has 160 valence electrons. The van der Waals surface area contributed by atoms with Crippen LogP contribution in [0.5, 0.6) is 5.75 Å². The molecule has 0 radical (unpaired) electrons. The minimum atomic E-state index is -0.123. The molecule has 1 amide bonds. The summed E-state index contributed by atoms with van der Waals surface area (Å²) in [7, 11) is 0. The van der Waals surface area contributed by atoms with Crippen LogP contribution in [0.4, 0.5) is 5.13 Å². The van der Waals surface area contributed by atoms with E-state index < -0.39 is 0 Å². The number of thioether (sulfide) groups is 1. The number of aromatic nitrogens is 3. The molecule has 32 heavy (non-hydrogen) atoms. The number of thiazole rings is 1. The average molecular weight is 479 g/mol. The summed E-state index contributed by atoms with van der Waals surface area (Å²) >= 11 is 4.42. The maximum absolute atomic E-state index is 12.6. The highest BCUT2D eigenvalue weighted by Crippen LogP contribution is 2.38. The molecule has 0 bridgehead atoms. The zero-order valence-corrected chi connectivity index (χ0v) is 19.5. The molecule has 0 aliphatic carbocycles. The topological polar surface area (TPSA) is 77.0 Å². The van der Waals surface area contributed by atoms with Crippen molar-refractivity contribution >= 4 is 65.9 Å². The summed E-state index contributed by atoms with van der Waals surface area (Å²) in [5.74, 6) is 0.910. The van der Waals surface area contributed by atoms with Gasteiger partial charge in [-0.25, -0.2) is 15.0 Å². The van der Waals surface area contributed by atoms with E-state index in [0.717, 1.165) is 42.3 Å². The number of nitrogens with zero attached hydrogens (tertiary/aromatic N) is 3. The van der Waals surface area contributed by atoms with E-state index in [1.165, 1.54) is 23.1 Å². The van der Waals surface area contributed by atoms with Gasteiger partial charge in [0.2, 0.25) is 5.91 Å². The molecule has 0 fully saturated rings. The minimum Gasteiger partial charge on any atom is -0.494 e. The van der Waals surface area contributed by atoms with Crippen LogP contribution < -0.4 is 10.1 Å². The summed E-state index contributed by atoms with van der Waals surface area (Å²) in [4.78, 5) is 26.9. The average Bonchev–Trinajstić information content (AvgIpc) is 3.42. The van der Waals surface area contributed by atoms with E-state index in [4.69, 9.17) is 4.74 Å². The van der Waals surface area contributed by atoms with E-state index in [1.54, 1.807) is 17.7 Å². The second kappa shape index (κ2) is 9.23. The summed E-state index contributed by atoms with van der Waals surface area (Å²) in [5.41, 5.74) is 3.04. The largest absolute Gasteiger partial charge is 0.494 e. The number of fused-ring (bicyclic) bond motifs is 2. The first-order valence-corrected chi connectivity index (χ1v) is 12.6. The normalized spacial score (nSPS) is 11.2. The van der Waals surface area contributed by atoms with Crippen LogP contribution >= 0.6 is 34.4 Å². The van der Waals surface area contributed by atoms with Gasteiger partial charge in [-0.2, -0.15) is 0 Å². The number of anilines is 1. The second-order valence-corrected chi connectivity index (χ2v) is 9.65. The highest BCUT2D eigenvalue weighted by molar-refractivity contribution is 8.00. The molecule has 3 aromatic heterocycles. The zero-order valence-electron chi connectivity index (χ0n) is 17.1. The Morgan fingerprint density at radius 1 is 1.16 bits per heavy atom. The Bertz CT molecular complexity index is 1400. The van der Waals surface area contributed by atoms with Crippen LogP contribution in [0.25, 0.3) is 31.6 Å². The van der Waals surface area contributed by atoms with Crippen molar-refractivity contribution < 1.29 is 9.53 Å². The van der Waals surface area contributed by atoms with Crippen LogP contribution in [-0.2, 0) is 4.79 Å². The number of benzene rings is 2. The number of thiophene rings is 1. The molecule has 0 spiro atoms. The van der Waals surface area contributed by atoms with Crippen molar-refractivity contribution in [1.82, 2.24) is 15.0 Å². The van der Waals surface area contributed by atoms with Crippen molar-refractivity contribution in [3.63, 3.8) is 0 Å². The minimum absolute atomic E-state index is 0.123. The van der Waals surface area contributed by atoms with E-state index in [0.29, 0.717) is 11.7 Å². The van der Waals surface area contributed by atoms with E-state index in [1.807, 2.05) is 43.3 Å². The van der Waals surface area contributed by atoms with Crippen LogP contribution in [-0.4, -0.2) is 33.2 Å². The van der Waals surface area contributed by atoms with Gasteiger partial charge in [-0.3, -0.25) is 4.79 Å². The number of hydrogen-bond acceptors (Lipinski definition) is 8. The van der Waals surface area contributed by atoms with Gasteiger partial charge in [0, 0.05) is 10.9 Å². The smallest absolute Gasteiger partial charge is 0.236 e. The van der Waals surface area contributed by atoms with Crippen LogP contribution in [0.15, 0.2) is 65.3 Å². The predicted octanol–water partition coefficient (Wildman–Crippen LogP) is 6.10. The fourth-order valence-electron chi connectivity index (χ4n) is 3.29. The summed E-state index contributed by atoms with van der Waals surface area (Å²) in [6, 6.07) is 15.9. The number of hydrogen-bond donors (Lipinski definition) is 1. The fraction of sp³-hybridized carbons (Fsp3) is 0.130. The molecule has 0 atom stereocenters. The second-order valence-electron chi connectivity index (χ2n) is 6.79. The third kappa shape index (κ3) is 4.32. The lowest BCUT2D eigenvalue weighted by atomic mass is 10.1. The molecule has 5 rings (SSSR count). The van der Waals surface area contributed by atoms with Crippen molar-refractivity contribution in [3.05, 3.63) is 60.2 Å². The number of nitrogens with one attached hydrogen (secondary N) is 1. The van der Waals surface area contributed by atoms with Gasteiger partial charge in [-0.1, -0.05) is 53.4 Å². The number of carbonyl (C=O) groups is 1. The summed E-state index contributed by atoms with van der Waals surface area (Å²) < 4.78 is 6.51. The van der Waals surface area contributed by atoms with E-state index in [9.17, 15) is 4.79 Å². The molecular weight excluding hydrogens is 460 g/mol.